The lowest BCUT2D eigenvalue weighted by Crippen LogP contribution is -3.00. The number of carboxylic acids is 2. The van der Waals surface area contributed by atoms with Crippen LogP contribution < -0.4 is 26.9 Å². The van der Waals surface area contributed by atoms with E-state index in [1.165, 1.54) is 40.2 Å². The number of carbonyl (C=O) groups is 4. The van der Waals surface area contributed by atoms with Gasteiger partial charge in [0.05, 0.1) is 16.3 Å². The van der Waals surface area contributed by atoms with Gasteiger partial charge in [-0.25, -0.2) is 14.2 Å². The summed E-state index contributed by atoms with van der Waals surface area (Å²) in [5.41, 5.74) is 0.614. The van der Waals surface area contributed by atoms with Gasteiger partial charge in [-0.2, -0.15) is 0 Å². The zero-order valence-corrected chi connectivity index (χ0v) is 26.1. The number of halogens is 3. The highest BCUT2D eigenvalue weighted by atomic mass is 79.9. The fraction of sp³-hybridized carbons (Fsp3) is 0.240. The van der Waals surface area contributed by atoms with Crippen molar-refractivity contribution >= 4 is 82.2 Å². The standard InChI is InChI=1S/C25H21Cl2N3O6S3.BrH/c1-13(24(33)34)9-29-6-4-16(5-7-29)37-10-14-11-39-23-20(22(32)30(23)21(14)25(35)36)28-19(31)12-38-18-8-15(26)2-3-17(18)27;/h2-8,20,23H,1,9-12H2,(H2-,28,31,33,34,35,36);1H/t20-,23+;/m0./s1. The molecule has 40 heavy (non-hydrogen) atoms. The van der Waals surface area contributed by atoms with Gasteiger partial charge < -0.3 is 32.5 Å². The summed E-state index contributed by atoms with van der Waals surface area (Å²) >= 11 is 16.1. The van der Waals surface area contributed by atoms with Crippen molar-refractivity contribution in [3.63, 3.8) is 0 Å². The van der Waals surface area contributed by atoms with Crippen molar-refractivity contribution in [3.8, 4) is 0 Å². The van der Waals surface area contributed by atoms with Gasteiger partial charge in [0.25, 0.3) is 5.91 Å². The number of hydrogen-bond donors (Lipinski definition) is 3. The summed E-state index contributed by atoms with van der Waals surface area (Å²) in [7, 11) is 0. The third-order valence-electron chi connectivity index (χ3n) is 5.77. The number of rotatable bonds is 11. The van der Waals surface area contributed by atoms with Crippen LogP contribution >= 0.6 is 58.5 Å². The van der Waals surface area contributed by atoms with Crippen molar-refractivity contribution in [2.45, 2.75) is 27.8 Å². The van der Waals surface area contributed by atoms with Crippen LogP contribution in [0, 0.1) is 0 Å². The predicted molar refractivity (Wildman–Crippen MR) is 151 cm³/mol. The Morgan fingerprint density at radius 1 is 1.15 bits per heavy atom. The van der Waals surface area contributed by atoms with Gasteiger partial charge in [0.1, 0.15) is 17.1 Å². The summed E-state index contributed by atoms with van der Waals surface area (Å²) in [4.78, 5) is 51.3. The summed E-state index contributed by atoms with van der Waals surface area (Å²) < 4.78 is 1.68. The molecule has 0 radical (unpaired) electrons. The van der Waals surface area contributed by atoms with E-state index in [-0.39, 0.29) is 46.5 Å². The first-order valence-corrected chi connectivity index (χ1v) is 15.1. The minimum absolute atomic E-state index is 0. The molecular formula is C25H22BrCl2N3O6S3. The van der Waals surface area contributed by atoms with E-state index >= 15 is 0 Å². The fourth-order valence-corrected chi connectivity index (χ4v) is 7.52. The molecule has 0 saturated carbocycles. The molecule has 1 aromatic carbocycles. The molecule has 9 nitrogen and oxygen atoms in total. The number of pyridine rings is 1. The van der Waals surface area contributed by atoms with Gasteiger partial charge >= 0.3 is 11.9 Å². The van der Waals surface area contributed by atoms with E-state index in [1.807, 2.05) is 0 Å². The minimum atomic E-state index is -1.20. The Kier molecular flexibility index (Phi) is 11.4. The number of fused-ring (bicyclic) bond motifs is 1. The van der Waals surface area contributed by atoms with Crippen LogP contribution in [0.4, 0.5) is 0 Å². The van der Waals surface area contributed by atoms with Crippen molar-refractivity contribution < 1.29 is 50.9 Å². The number of hydrogen-bond acceptors (Lipinski definition) is 7. The van der Waals surface area contributed by atoms with Crippen molar-refractivity contribution in [2.24, 2.45) is 0 Å². The summed E-state index contributed by atoms with van der Waals surface area (Å²) in [5, 5.41) is 22.0. The lowest BCUT2D eigenvalue weighted by Gasteiger charge is -2.49. The van der Waals surface area contributed by atoms with Crippen LogP contribution in [0.15, 0.2) is 75.9 Å². The van der Waals surface area contributed by atoms with Crippen molar-refractivity contribution in [1.82, 2.24) is 10.2 Å². The Morgan fingerprint density at radius 2 is 1.85 bits per heavy atom. The molecule has 0 bridgehead atoms. The van der Waals surface area contributed by atoms with Crippen molar-refractivity contribution in [1.29, 1.82) is 0 Å². The first-order valence-electron chi connectivity index (χ1n) is 11.4. The molecule has 0 aliphatic carbocycles. The third kappa shape index (κ3) is 7.56. The number of benzene rings is 1. The molecule has 1 fully saturated rings. The monoisotopic (exact) mass is 705 g/mol. The first kappa shape index (κ1) is 32.4. The maximum absolute atomic E-state index is 12.9. The molecule has 0 spiro atoms. The zero-order valence-electron chi connectivity index (χ0n) is 20.5. The molecule has 1 aromatic heterocycles. The highest BCUT2D eigenvalue weighted by Crippen LogP contribution is 2.41. The number of thioether (sulfide) groups is 3. The quantitative estimate of drug-likeness (QED) is 0.133. The molecule has 4 rings (SSSR count). The van der Waals surface area contributed by atoms with Gasteiger partial charge in [0.15, 0.2) is 18.9 Å². The molecule has 3 heterocycles. The number of aliphatic carboxylic acids is 2. The molecule has 2 amide bonds. The Balaban J connectivity index is 0.00000441. The average molecular weight is 707 g/mol. The molecule has 2 aromatic rings. The first-order chi connectivity index (χ1) is 18.5. The molecule has 2 atom stereocenters. The average Bonchev–Trinajstić information content (AvgIpc) is 2.91. The second kappa shape index (κ2) is 14.1. The summed E-state index contributed by atoms with van der Waals surface area (Å²) in [6.07, 6.45) is 3.44. The molecule has 3 N–H and O–H groups in total. The van der Waals surface area contributed by atoms with E-state index in [1.54, 1.807) is 47.3 Å². The smallest absolute Gasteiger partial charge is 0.352 e. The second-order valence-corrected chi connectivity index (χ2v) is 12.5. The molecule has 212 valence electrons. The SMILES string of the molecule is C=C(C[n+]1ccc(SCC2=C(C(=O)O)N3C(=O)[C@H](NC(=O)CSc4cc(Cl)ccc4Cl)[C@H]3SC2)cc1)C(=O)O.[Br-]. The number of carbonyl (C=O) groups excluding carboxylic acids is 2. The van der Waals surface area contributed by atoms with Gasteiger partial charge in [-0.15, -0.1) is 35.3 Å². The Hall–Kier alpha value is -2.16. The van der Waals surface area contributed by atoms with Gasteiger partial charge in [0.2, 0.25) is 5.91 Å². The lowest BCUT2D eigenvalue weighted by molar-refractivity contribution is -0.688. The third-order valence-corrected chi connectivity index (χ3v) is 9.94. The predicted octanol–water partition coefficient (Wildman–Crippen LogP) is 0.549. The van der Waals surface area contributed by atoms with Crippen LogP contribution in [0.25, 0.3) is 0 Å². The fourth-order valence-electron chi connectivity index (χ4n) is 3.84. The Morgan fingerprint density at radius 3 is 2.50 bits per heavy atom. The van der Waals surface area contributed by atoms with E-state index < -0.39 is 29.3 Å². The van der Waals surface area contributed by atoms with E-state index in [9.17, 15) is 24.3 Å². The number of aromatic nitrogens is 1. The molecular weight excluding hydrogens is 685 g/mol. The number of amides is 2. The van der Waals surface area contributed by atoms with Crippen LogP contribution in [-0.4, -0.2) is 67.5 Å². The number of carboxylic acid groups (broad SMARTS) is 2. The molecule has 15 heteroatoms. The minimum Gasteiger partial charge on any atom is -1.00 e. The maximum Gasteiger partial charge on any atom is 0.352 e. The van der Waals surface area contributed by atoms with Gasteiger partial charge in [-0.1, -0.05) is 29.8 Å². The van der Waals surface area contributed by atoms with Crippen LogP contribution in [0.3, 0.4) is 0 Å². The number of nitrogens with one attached hydrogen (secondary N) is 1. The van der Waals surface area contributed by atoms with Crippen LogP contribution in [0.1, 0.15) is 0 Å². The largest absolute Gasteiger partial charge is 1.00 e. The summed E-state index contributed by atoms with van der Waals surface area (Å²) in [6.45, 7) is 3.66. The van der Waals surface area contributed by atoms with Gasteiger partial charge in [-0.05, 0) is 23.8 Å². The van der Waals surface area contributed by atoms with E-state index in [0.717, 1.165) is 4.90 Å². The highest BCUT2D eigenvalue weighted by Gasteiger charge is 2.54. The van der Waals surface area contributed by atoms with Crippen molar-refractivity contribution in [3.05, 3.63) is 76.2 Å². The molecule has 2 aliphatic rings. The van der Waals surface area contributed by atoms with Gasteiger partial charge in [0, 0.05) is 38.5 Å². The summed E-state index contributed by atoms with van der Waals surface area (Å²) in [5.74, 6) is -2.33. The zero-order chi connectivity index (χ0) is 28.3. The van der Waals surface area contributed by atoms with E-state index in [2.05, 4.69) is 11.9 Å². The van der Waals surface area contributed by atoms with E-state index in [4.69, 9.17) is 28.3 Å². The number of nitrogens with zero attached hydrogens (tertiary/aromatic N) is 2. The van der Waals surface area contributed by atoms with E-state index in [0.29, 0.717) is 32.0 Å². The molecule has 2 aliphatic heterocycles. The number of β-lactam (4-membered cyclic amide) rings is 1. The second-order valence-electron chi connectivity index (χ2n) is 8.48. The molecule has 1 saturated heterocycles. The van der Waals surface area contributed by atoms with Crippen LogP contribution in [0.2, 0.25) is 10.0 Å². The highest BCUT2D eigenvalue weighted by molar-refractivity contribution is 8.01. The maximum atomic E-state index is 12.9. The summed E-state index contributed by atoms with van der Waals surface area (Å²) in [6, 6.07) is 7.73. The molecule has 0 unspecified atom stereocenters. The topological polar surface area (TPSA) is 128 Å². The normalized spacial score (nSPS) is 17.9. The van der Waals surface area contributed by atoms with Crippen LogP contribution in [-0.2, 0) is 25.7 Å². The Bertz CT molecular complexity index is 1390. The van der Waals surface area contributed by atoms with Crippen molar-refractivity contribution in [2.75, 3.05) is 17.3 Å². The van der Waals surface area contributed by atoms with Crippen LogP contribution in [0.5, 0.6) is 0 Å². The Labute approximate surface area is 263 Å². The van der Waals surface area contributed by atoms with Gasteiger partial charge in [-0.3, -0.25) is 14.5 Å². The lowest BCUT2D eigenvalue weighted by atomic mass is 10.0.